The fraction of sp³-hybridized carbons (Fsp3) is 0.759. The maximum absolute atomic E-state index is 12.7. The summed E-state index contributed by atoms with van der Waals surface area (Å²) in [6, 6.07) is 0. The average molecular weight is 839 g/mol. The molecule has 0 saturated carbocycles. The monoisotopic (exact) mass is 839 g/mol. The van der Waals surface area contributed by atoms with E-state index in [1.165, 1.54) is 96.3 Å². The second-order valence-electron chi connectivity index (χ2n) is 16.7. The molecule has 0 fully saturated rings. The highest BCUT2D eigenvalue weighted by atomic mass is 16.6. The Hall–Kier alpha value is -2.89. The van der Waals surface area contributed by atoms with Crippen molar-refractivity contribution in [3.05, 3.63) is 60.8 Å². The SMILES string of the molecule is CC/C=C\C/C=C\C/C=C\C/C=C\CCCCCCCCCCC(=O)OCC(COC(=O)CCCCCCC)OC(=O)CCCCCCC/C=C\CCCCCCCCC. The van der Waals surface area contributed by atoms with Gasteiger partial charge in [-0.25, -0.2) is 0 Å². The first kappa shape index (κ1) is 57.1. The number of carbonyl (C=O) groups is 3. The van der Waals surface area contributed by atoms with Gasteiger partial charge in [0.05, 0.1) is 0 Å². The number of unbranched alkanes of at least 4 members (excludes halogenated alkanes) is 24. The lowest BCUT2D eigenvalue weighted by atomic mass is 10.1. The molecule has 0 aliphatic heterocycles. The van der Waals surface area contributed by atoms with Crippen LogP contribution in [0.15, 0.2) is 60.8 Å². The maximum atomic E-state index is 12.7. The molecule has 0 amide bonds. The van der Waals surface area contributed by atoms with E-state index >= 15 is 0 Å². The molecular weight excluding hydrogens is 745 g/mol. The van der Waals surface area contributed by atoms with E-state index in [9.17, 15) is 14.4 Å². The number of rotatable bonds is 45. The van der Waals surface area contributed by atoms with Crippen molar-refractivity contribution in [2.75, 3.05) is 13.2 Å². The third-order valence-corrected chi connectivity index (χ3v) is 10.8. The summed E-state index contributed by atoms with van der Waals surface area (Å²) < 4.78 is 16.7. The quantitative estimate of drug-likeness (QED) is 0.0263. The maximum Gasteiger partial charge on any atom is 0.306 e. The number of hydrogen-bond acceptors (Lipinski definition) is 6. The Labute approximate surface area is 370 Å². The summed E-state index contributed by atoms with van der Waals surface area (Å²) in [5.74, 6) is -0.908. The predicted octanol–water partition coefficient (Wildman–Crippen LogP) is 16.5. The molecule has 1 unspecified atom stereocenters. The van der Waals surface area contributed by atoms with Crippen LogP contribution >= 0.6 is 0 Å². The van der Waals surface area contributed by atoms with Crippen LogP contribution in [0.25, 0.3) is 0 Å². The van der Waals surface area contributed by atoms with E-state index in [0.717, 1.165) is 109 Å². The van der Waals surface area contributed by atoms with Crippen LogP contribution in [-0.4, -0.2) is 37.2 Å². The fourth-order valence-electron chi connectivity index (χ4n) is 6.96. The second-order valence-corrected chi connectivity index (χ2v) is 16.7. The third kappa shape index (κ3) is 46.2. The van der Waals surface area contributed by atoms with Crippen molar-refractivity contribution in [1.29, 1.82) is 0 Å². The highest BCUT2D eigenvalue weighted by Gasteiger charge is 2.19. The van der Waals surface area contributed by atoms with Gasteiger partial charge in [-0.15, -0.1) is 0 Å². The lowest BCUT2D eigenvalue weighted by Crippen LogP contribution is -2.30. The molecule has 60 heavy (non-hydrogen) atoms. The van der Waals surface area contributed by atoms with Gasteiger partial charge >= 0.3 is 17.9 Å². The van der Waals surface area contributed by atoms with Crippen molar-refractivity contribution in [3.8, 4) is 0 Å². The molecule has 1 atom stereocenters. The van der Waals surface area contributed by atoms with Crippen LogP contribution in [0.3, 0.4) is 0 Å². The lowest BCUT2D eigenvalue weighted by Gasteiger charge is -2.18. The van der Waals surface area contributed by atoms with Crippen molar-refractivity contribution in [2.24, 2.45) is 0 Å². The molecular formula is C54H94O6. The van der Waals surface area contributed by atoms with Gasteiger partial charge in [-0.3, -0.25) is 14.4 Å². The van der Waals surface area contributed by atoms with Gasteiger partial charge in [-0.2, -0.15) is 0 Å². The molecule has 6 nitrogen and oxygen atoms in total. The van der Waals surface area contributed by atoms with Gasteiger partial charge in [0.25, 0.3) is 0 Å². The minimum Gasteiger partial charge on any atom is -0.462 e. The van der Waals surface area contributed by atoms with E-state index in [2.05, 4.69) is 81.5 Å². The van der Waals surface area contributed by atoms with Crippen molar-refractivity contribution in [2.45, 2.75) is 252 Å². The largest absolute Gasteiger partial charge is 0.462 e. The average Bonchev–Trinajstić information content (AvgIpc) is 3.24. The molecule has 0 radical (unpaired) electrons. The molecule has 0 aliphatic carbocycles. The summed E-state index contributed by atoms with van der Waals surface area (Å²) in [5, 5.41) is 0. The Morgan fingerprint density at radius 1 is 0.350 bits per heavy atom. The summed E-state index contributed by atoms with van der Waals surface area (Å²) in [6.45, 7) is 6.43. The highest BCUT2D eigenvalue weighted by Crippen LogP contribution is 2.14. The molecule has 0 aromatic heterocycles. The van der Waals surface area contributed by atoms with Crippen LogP contribution in [0.5, 0.6) is 0 Å². The first-order chi connectivity index (χ1) is 29.5. The molecule has 6 heteroatoms. The van der Waals surface area contributed by atoms with Crippen molar-refractivity contribution in [3.63, 3.8) is 0 Å². The van der Waals surface area contributed by atoms with E-state index < -0.39 is 6.10 Å². The summed E-state index contributed by atoms with van der Waals surface area (Å²) in [6.07, 6.45) is 59.5. The van der Waals surface area contributed by atoms with Gasteiger partial charge in [0, 0.05) is 19.3 Å². The number of hydrogen-bond donors (Lipinski definition) is 0. The van der Waals surface area contributed by atoms with Crippen molar-refractivity contribution in [1.82, 2.24) is 0 Å². The van der Waals surface area contributed by atoms with Crippen LogP contribution in [0.2, 0.25) is 0 Å². The molecule has 0 heterocycles. The van der Waals surface area contributed by atoms with Crippen LogP contribution < -0.4 is 0 Å². The zero-order valence-electron chi connectivity index (χ0n) is 39.5. The Bertz CT molecular complexity index is 1100. The molecule has 0 aromatic rings. The number of esters is 3. The Balaban J connectivity index is 4.18. The highest BCUT2D eigenvalue weighted by molar-refractivity contribution is 5.71. The Morgan fingerprint density at radius 2 is 0.650 bits per heavy atom. The molecule has 0 spiro atoms. The Kier molecular flexibility index (Phi) is 46.4. The van der Waals surface area contributed by atoms with Gasteiger partial charge in [0.2, 0.25) is 0 Å². The Morgan fingerprint density at radius 3 is 1.03 bits per heavy atom. The molecule has 0 bridgehead atoms. The molecule has 0 N–H and O–H groups in total. The van der Waals surface area contributed by atoms with Gasteiger partial charge < -0.3 is 14.2 Å². The molecule has 0 aliphatic rings. The lowest BCUT2D eigenvalue weighted by molar-refractivity contribution is -0.167. The van der Waals surface area contributed by atoms with Crippen molar-refractivity contribution < 1.29 is 28.6 Å². The smallest absolute Gasteiger partial charge is 0.306 e. The minimum atomic E-state index is -0.777. The standard InChI is InChI=1S/C54H94O6/c1-4-7-10-13-15-17-19-21-23-25-26-27-28-29-31-32-34-36-38-41-44-47-53(56)59-50-51(49-58-52(55)46-43-40-12-9-6-3)60-54(57)48-45-42-39-37-35-33-30-24-22-20-18-16-14-11-8-5-2/h7,10,15,17,21,23-24,26-27,30,51H,4-6,8-9,11-14,16,18-20,22,25,28-29,31-50H2,1-3H3/b10-7-,17-15-,23-21-,27-26-,30-24-. The first-order valence-electron chi connectivity index (χ1n) is 25.3. The summed E-state index contributed by atoms with van der Waals surface area (Å²) in [4.78, 5) is 37.6. The topological polar surface area (TPSA) is 78.9 Å². The molecule has 346 valence electrons. The van der Waals surface area contributed by atoms with Gasteiger partial charge in [-0.1, -0.05) is 204 Å². The second kappa shape index (κ2) is 48.8. The van der Waals surface area contributed by atoms with Gasteiger partial charge in [0.1, 0.15) is 13.2 Å². The minimum absolute atomic E-state index is 0.0806. The zero-order valence-corrected chi connectivity index (χ0v) is 39.5. The third-order valence-electron chi connectivity index (χ3n) is 10.8. The van der Waals surface area contributed by atoms with E-state index in [-0.39, 0.29) is 31.1 Å². The van der Waals surface area contributed by atoms with Gasteiger partial charge in [0.15, 0.2) is 6.10 Å². The molecule has 0 rings (SSSR count). The van der Waals surface area contributed by atoms with E-state index in [1.54, 1.807) is 0 Å². The summed E-state index contributed by atoms with van der Waals surface area (Å²) in [7, 11) is 0. The van der Waals surface area contributed by atoms with Crippen LogP contribution in [0.1, 0.15) is 245 Å². The number of carbonyl (C=O) groups excluding carboxylic acids is 3. The normalized spacial score (nSPS) is 12.5. The van der Waals surface area contributed by atoms with Gasteiger partial charge in [-0.05, 0) is 83.5 Å². The summed E-state index contributed by atoms with van der Waals surface area (Å²) in [5.41, 5.74) is 0. The zero-order chi connectivity index (χ0) is 43.7. The molecule has 0 saturated heterocycles. The first-order valence-corrected chi connectivity index (χ1v) is 25.3. The van der Waals surface area contributed by atoms with E-state index in [4.69, 9.17) is 14.2 Å². The molecule has 0 aromatic carbocycles. The van der Waals surface area contributed by atoms with Crippen LogP contribution in [-0.2, 0) is 28.6 Å². The van der Waals surface area contributed by atoms with Crippen LogP contribution in [0.4, 0.5) is 0 Å². The van der Waals surface area contributed by atoms with E-state index in [1.807, 2.05) is 0 Å². The van der Waals surface area contributed by atoms with Crippen molar-refractivity contribution >= 4 is 17.9 Å². The number of allylic oxidation sites excluding steroid dienone is 10. The van der Waals surface area contributed by atoms with E-state index in [0.29, 0.717) is 19.3 Å². The fourth-order valence-corrected chi connectivity index (χ4v) is 6.96. The predicted molar refractivity (Wildman–Crippen MR) is 256 cm³/mol. The summed E-state index contributed by atoms with van der Waals surface area (Å²) >= 11 is 0. The number of ether oxygens (including phenoxy) is 3. The van der Waals surface area contributed by atoms with Crippen LogP contribution in [0, 0.1) is 0 Å².